The molecule has 0 aromatic heterocycles. The SMILES string of the molecule is C=C(C)COc1ccc2c(c1)CCC1C2CCC2C(=O)C(N=O)CC21. The maximum atomic E-state index is 12.3. The zero-order valence-corrected chi connectivity index (χ0v) is 14.7. The lowest BCUT2D eigenvalue weighted by Gasteiger charge is -2.43. The first-order valence-corrected chi connectivity index (χ1v) is 9.34. The van der Waals surface area contributed by atoms with Gasteiger partial charge in [0.05, 0.1) is 0 Å². The van der Waals surface area contributed by atoms with E-state index in [0.717, 1.165) is 37.0 Å². The molecule has 2 fully saturated rings. The zero-order chi connectivity index (χ0) is 17.6. The van der Waals surface area contributed by atoms with E-state index in [2.05, 4.69) is 30.0 Å². The highest BCUT2D eigenvalue weighted by Gasteiger charge is 2.51. The summed E-state index contributed by atoms with van der Waals surface area (Å²) in [5, 5.41) is 3.10. The lowest BCUT2D eigenvalue weighted by molar-refractivity contribution is -0.123. The fourth-order valence-electron chi connectivity index (χ4n) is 5.37. The quantitative estimate of drug-likeness (QED) is 0.602. The van der Waals surface area contributed by atoms with Crippen molar-refractivity contribution in [3.63, 3.8) is 0 Å². The van der Waals surface area contributed by atoms with Gasteiger partial charge in [-0.25, -0.2) is 0 Å². The molecular weight excluding hydrogens is 314 g/mol. The Bertz CT molecular complexity index is 726. The molecule has 5 unspecified atom stereocenters. The van der Waals surface area contributed by atoms with Crippen molar-refractivity contribution in [2.75, 3.05) is 6.61 Å². The van der Waals surface area contributed by atoms with Gasteiger partial charge in [0.2, 0.25) is 0 Å². The minimum atomic E-state index is -0.590. The third-order valence-corrected chi connectivity index (χ3v) is 6.43. The maximum Gasteiger partial charge on any atom is 0.164 e. The monoisotopic (exact) mass is 339 g/mol. The van der Waals surface area contributed by atoms with E-state index < -0.39 is 6.04 Å². The Morgan fingerprint density at radius 2 is 2.04 bits per heavy atom. The summed E-state index contributed by atoms with van der Waals surface area (Å²) in [5.41, 5.74) is 3.82. The lowest BCUT2D eigenvalue weighted by atomic mass is 9.61. The van der Waals surface area contributed by atoms with Gasteiger partial charge in [-0.05, 0) is 85.6 Å². The van der Waals surface area contributed by atoms with E-state index in [9.17, 15) is 9.70 Å². The molecule has 1 aromatic rings. The van der Waals surface area contributed by atoms with Crippen molar-refractivity contribution in [2.45, 2.75) is 51.0 Å². The van der Waals surface area contributed by atoms with Crippen molar-refractivity contribution < 1.29 is 9.53 Å². The summed E-state index contributed by atoms with van der Waals surface area (Å²) in [7, 11) is 0. The van der Waals surface area contributed by atoms with Crippen LogP contribution in [0.25, 0.3) is 0 Å². The second-order valence-corrected chi connectivity index (χ2v) is 8.02. The summed E-state index contributed by atoms with van der Waals surface area (Å²) in [5.74, 6) is 2.47. The zero-order valence-electron chi connectivity index (χ0n) is 14.7. The van der Waals surface area contributed by atoms with Gasteiger partial charge >= 0.3 is 0 Å². The van der Waals surface area contributed by atoms with Gasteiger partial charge < -0.3 is 4.74 Å². The minimum absolute atomic E-state index is 0.0728. The molecule has 4 heteroatoms. The standard InChI is InChI=1S/C21H25NO3/c1-12(2)11-25-14-4-6-15-13(9-14)3-5-17-16(15)7-8-18-19(17)10-20(22-24)21(18)23/h4,6,9,16-20H,1,3,5,7-8,10-11H2,2H3. The van der Waals surface area contributed by atoms with Gasteiger partial charge in [0.25, 0.3) is 0 Å². The van der Waals surface area contributed by atoms with Crippen molar-refractivity contribution in [1.82, 2.24) is 0 Å². The van der Waals surface area contributed by atoms with Crippen molar-refractivity contribution in [3.05, 3.63) is 46.4 Å². The van der Waals surface area contributed by atoms with E-state index in [-0.39, 0.29) is 11.7 Å². The number of fused-ring (bicyclic) bond motifs is 5. The molecule has 0 radical (unpaired) electrons. The number of hydrogen-bond donors (Lipinski definition) is 0. The van der Waals surface area contributed by atoms with Crippen molar-refractivity contribution in [2.24, 2.45) is 22.9 Å². The first kappa shape index (κ1) is 16.5. The van der Waals surface area contributed by atoms with Crippen LogP contribution in [0.4, 0.5) is 0 Å². The summed E-state index contributed by atoms with van der Waals surface area (Å²) >= 11 is 0. The van der Waals surface area contributed by atoms with Gasteiger partial charge in [0.15, 0.2) is 11.8 Å². The van der Waals surface area contributed by atoms with Crippen LogP contribution >= 0.6 is 0 Å². The summed E-state index contributed by atoms with van der Waals surface area (Å²) in [6.07, 6.45) is 4.74. The molecule has 0 N–H and O–H groups in total. The van der Waals surface area contributed by atoms with Gasteiger partial charge in [-0.15, -0.1) is 0 Å². The molecule has 2 saturated carbocycles. The van der Waals surface area contributed by atoms with Crippen LogP contribution in [-0.4, -0.2) is 18.4 Å². The highest BCUT2D eigenvalue weighted by Crippen LogP contribution is 2.54. The van der Waals surface area contributed by atoms with Crippen LogP contribution in [0.1, 0.15) is 49.7 Å². The molecule has 4 nitrogen and oxygen atoms in total. The topological polar surface area (TPSA) is 55.7 Å². The third-order valence-electron chi connectivity index (χ3n) is 6.43. The Kier molecular flexibility index (Phi) is 4.22. The molecule has 0 bridgehead atoms. The number of benzene rings is 1. The Morgan fingerprint density at radius 3 is 2.80 bits per heavy atom. The number of nitroso groups, excluding NO2 is 1. The molecule has 3 aliphatic carbocycles. The predicted molar refractivity (Wildman–Crippen MR) is 96.7 cm³/mol. The Balaban J connectivity index is 1.56. The molecule has 4 rings (SSSR count). The second-order valence-electron chi connectivity index (χ2n) is 8.02. The Morgan fingerprint density at radius 1 is 1.24 bits per heavy atom. The number of ketones is 1. The molecule has 5 atom stereocenters. The van der Waals surface area contributed by atoms with E-state index in [1.165, 1.54) is 11.1 Å². The average Bonchev–Trinajstić information content (AvgIpc) is 2.95. The normalized spacial score (nSPS) is 33.2. The van der Waals surface area contributed by atoms with Crippen LogP contribution in [-0.2, 0) is 11.2 Å². The largest absolute Gasteiger partial charge is 0.489 e. The lowest BCUT2D eigenvalue weighted by Crippen LogP contribution is -2.35. The van der Waals surface area contributed by atoms with Crippen LogP contribution in [0.5, 0.6) is 5.75 Å². The van der Waals surface area contributed by atoms with E-state index in [1.54, 1.807) is 0 Å². The van der Waals surface area contributed by atoms with Crippen LogP contribution in [0.3, 0.4) is 0 Å². The van der Waals surface area contributed by atoms with Crippen LogP contribution in [0.2, 0.25) is 0 Å². The molecule has 0 aliphatic heterocycles. The highest BCUT2D eigenvalue weighted by atomic mass is 16.5. The van der Waals surface area contributed by atoms with Crippen molar-refractivity contribution in [1.29, 1.82) is 0 Å². The number of nitrogens with zero attached hydrogens (tertiary/aromatic N) is 1. The molecule has 3 aliphatic rings. The number of Topliss-reactive ketones (excluding diaryl/α,β-unsaturated/α-hetero) is 1. The molecule has 25 heavy (non-hydrogen) atoms. The van der Waals surface area contributed by atoms with Gasteiger partial charge in [-0.3, -0.25) is 4.79 Å². The Labute approximate surface area is 148 Å². The first-order valence-electron chi connectivity index (χ1n) is 9.34. The van der Waals surface area contributed by atoms with E-state index in [0.29, 0.717) is 30.8 Å². The molecular formula is C21H25NO3. The minimum Gasteiger partial charge on any atom is -0.489 e. The van der Waals surface area contributed by atoms with Crippen molar-refractivity contribution in [3.8, 4) is 5.75 Å². The van der Waals surface area contributed by atoms with Gasteiger partial charge in [-0.1, -0.05) is 17.8 Å². The average molecular weight is 339 g/mol. The summed E-state index contributed by atoms with van der Waals surface area (Å²) in [6.45, 7) is 6.40. The summed E-state index contributed by atoms with van der Waals surface area (Å²) in [4.78, 5) is 23.3. The fourth-order valence-corrected chi connectivity index (χ4v) is 5.37. The number of ether oxygens (including phenoxy) is 1. The van der Waals surface area contributed by atoms with Crippen LogP contribution in [0, 0.1) is 22.7 Å². The summed E-state index contributed by atoms with van der Waals surface area (Å²) < 4.78 is 5.79. The second kappa shape index (κ2) is 6.40. The predicted octanol–water partition coefficient (Wildman–Crippen LogP) is 4.42. The number of carbonyl (C=O) groups excluding carboxylic acids is 1. The number of aryl methyl sites for hydroxylation is 1. The van der Waals surface area contributed by atoms with Crippen molar-refractivity contribution >= 4 is 5.78 Å². The molecule has 0 amide bonds. The van der Waals surface area contributed by atoms with Crippen LogP contribution in [0.15, 0.2) is 35.5 Å². The molecule has 0 spiro atoms. The maximum absolute atomic E-state index is 12.3. The van der Waals surface area contributed by atoms with Gasteiger partial charge in [0, 0.05) is 5.92 Å². The van der Waals surface area contributed by atoms with E-state index >= 15 is 0 Å². The first-order chi connectivity index (χ1) is 12.1. The fraction of sp³-hybridized carbons (Fsp3) is 0.571. The van der Waals surface area contributed by atoms with E-state index in [1.807, 2.05) is 6.92 Å². The molecule has 0 saturated heterocycles. The van der Waals surface area contributed by atoms with Crippen LogP contribution < -0.4 is 4.74 Å². The van der Waals surface area contributed by atoms with Gasteiger partial charge in [0.1, 0.15) is 12.4 Å². The van der Waals surface area contributed by atoms with E-state index in [4.69, 9.17) is 4.74 Å². The molecule has 0 heterocycles. The number of hydrogen-bond acceptors (Lipinski definition) is 4. The Hall–Kier alpha value is -1.97. The molecule has 1 aromatic carbocycles. The summed E-state index contributed by atoms with van der Waals surface area (Å²) in [6, 6.07) is 5.86. The van der Waals surface area contributed by atoms with Gasteiger partial charge in [-0.2, -0.15) is 4.91 Å². The highest BCUT2D eigenvalue weighted by molar-refractivity contribution is 5.89. The molecule has 132 valence electrons. The third kappa shape index (κ3) is 2.82. The smallest absolute Gasteiger partial charge is 0.164 e. The number of rotatable bonds is 4. The number of carbonyl (C=O) groups is 1.